The summed E-state index contributed by atoms with van der Waals surface area (Å²) in [6, 6.07) is 6.76. The van der Waals surface area contributed by atoms with Crippen LogP contribution in [0.5, 0.6) is 0 Å². The maximum absolute atomic E-state index is 10.9. The van der Waals surface area contributed by atoms with Crippen LogP contribution in [0.15, 0.2) is 30.5 Å². The van der Waals surface area contributed by atoms with Crippen LogP contribution in [0.25, 0.3) is 17.0 Å². The minimum atomic E-state index is -1.21. The Morgan fingerprint density at radius 1 is 1.20 bits per heavy atom. The molecular formula is C12H6Cl2N4O2. The average Bonchev–Trinajstić information content (AvgIpc) is 2.86. The summed E-state index contributed by atoms with van der Waals surface area (Å²) >= 11 is 11.9. The van der Waals surface area contributed by atoms with Crippen LogP contribution in [0.2, 0.25) is 10.0 Å². The van der Waals surface area contributed by atoms with Crippen LogP contribution in [-0.2, 0) is 0 Å². The molecule has 1 aromatic carbocycles. The lowest BCUT2D eigenvalue weighted by Crippen LogP contribution is -2.00. The van der Waals surface area contributed by atoms with Crippen LogP contribution < -0.4 is 0 Å². The van der Waals surface area contributed by atoms with Crippen LogP contribution in [0.3, 0.4) is 0 Å². The largest absolute Gasteiger partial charge is 0.475 e. The van der Waals surface area contributed by atoms with E-state index >= 15 is 0 Å². The van der Waals surface area contributed by atoms with Crippen LogP contribution in [-0.4, -0.2) is 30.7 Å². The zero-order valence-corrected chi connectivity index (χ0v) is 11.3. The molecule has 0 aliphatic carbocycles. The summed E-state index contributed by atoms with van der Waals surface area (Å²) in [5.74, 6) is -1.33. The zero-order chi connectivity index (χ0) is 14.3. The molecule has 8 heteroatoms. The van der Waals surface area contributed by atoms with Gasteiger partial charge in [0.05, 0.1) is 15.7 Å². The van der Waals surface area contributed by atoms with Gasteiger partial charge < -0.3 is 5.11 Å². The number of rotatable bonds is 2. The first-order chi connectivity index (χ1) is 9.56. The minimum Gasteiger partial charge on any atom is -0.475 e. The molecule has 0 atom stereocenters. The summed E-state index contributed by atoms with van der Waals surface area (Å²) in [6.45, 7) is 0. The molecule has 0 amide bonds. The fourth-order valence-corrected chi connectivity index (χ4v) is 2.06. The van der Waals surface area contributed by atoms with Crippen molar-refractivity contribution in [1.82, 2.24) is 19.6 Å². The molecule has 2 aromatic heterocycles. The Morgan fingerprint density at radius 3 is 2.70 bits per heavy atom. The van der Waals surface area contributed by atoms with Gasteiger partial charge in [0.15, 0.2) is 0 Å². The molecule has 3 aromatic rings. The highest BCUT2D eigenvalue weighted by Crippen LogP contribution is 2.28. The van der Waals surface area contributed by atoms with Crippen LogP contribution in [0.4, 0.5) is 0 Å². The molecule has 2 heterocycles. The minimum absolute atomic E-state index is 0.200. The highest BCUT2D eigenvalue weighted by atomic mass is 35.5. The lowest BCUT2D eigenvalue weighted by Gasteiger charge is -2.04. The van der Waals surface area contributed by atoms with E-state index in [1.165, 1.54) is 10.7 Å². The number of carboxylic acid groups (broad SMARTS) is 1. The number of hydrogen-bond acceptors (Lipinski definition) is 4. The lowest BCUT2D eigenvalue weighted by molar-refractivity contribution is 0.0684. The predicted octanol–water partition coefficient (Wildman–Crippen LogP) is 2.80. The van der Waals surface area contributed by atoms with Crippen molar-refractivity contribution in [2.24, 2.45) is 0 Å². The van der Waals surface area contributed by atoms with Gasteiger partial charge in [-0.1, -0.05) is 29.3 Å². The molecule has 6 nitrogen and oxygen atoms in total. The van der Waals surface area contributed by atoms with Crippen molar-refractivity contribution >= 4 is 34.9 Å². The van der Waals surface area contributed by atoms with Crippen molar-refractivity contribution in [2.75, 3.05) is 0 Å². The number of carboxylic acids is 1. The maximum Gasteiger partial charge on any atom is 0.375 e. The average molecular weight is 309 g/mol. The van der Waals surface area contributed by atoms with E-state index in [1.54, 1.807) is 24.3 Å². The Morgan fingerprint density at radius 2 is 2.00 bits per heavy atom. The zero-order valence-electron chi connectivity index (χ0n) is 9.79. The van der Waals surface area contributed by atoms with Gasteiger partial charge in [0.1, 0.15) is 0 Å². The Labute approximate surface area is 122 Å². The molecule has 20 heavy (non-hydrogen) atoms. The number of halogens is 2. The number of benzene rings is 1. The van der Waals surface area contributed by atoms with Crippen molar-refractivity contribution in [2.45, 2.75) is 0 Å². The van der Waals surface area contributed by atoms with Gasteiger partial charge in [0.25, 0.3) is 11.6 Å². The molecule has 1 N–H and O–H groups in total. The second-order valence-corrected chi connectivity index (χ2v) is 4.73. The van der Waals surface area contributed by atoms with Gasteiger partial charge >= 0.3 is 5.97 Å². The topological polar surface area (TPSA) is 80.4 Å². The van der Waals surface area contributed by atoms with E-state index in [1.807, 2.05) is 0 Å². The van der Waals surface area contributed by atoms with E-state index in [0.717, 1.165) is 5.56 Å². The number of hydrogen-bond donors (Lipinski definition) is 1. The second-order valence-electron chi connectivity index (χ2n) is 3.91. The Balaban J connectivity index is 2.24. The van der Waals surface area contributed by atoms with E-state index in [0.29, 0.717) is 15.7 Å². The van der Waals surface area contributed by atoms with Crippen molar-refractivity contribution in [3.8, 4) is 11.3 Å². The van der Waals surface area contributed by atoms with Crippen molar-refractivity contribution in [3.05, 3.63) is 46.3 Å². The highest BCUT2D eigenvalue weighted by molar-refractivity contribution is 6.42. The number of aromatic carboxylic acids is 1. The second kappa shape index (κ2) is 4.73. The van der Waals surface area contributed by atoms with E-state index in [9.17, 15) is 4.79 Å². The lowest BCUT2D eigenvalue weighted by atomic mass is 10.1. The standard InChI is InChI=1S/C12H6Cl2N4O2/c13-7-2-1-6(5-8(7)14)9-3-4-15-12-16-10(11(19)20)17-18(9)12/h1-5H,(H,19,20). The highest BCUT2D eigenvalue weighted by Gasteiger charge is 2.14. The normalized spacial score (nSPS) is 10.9. The van der Waals surface area contributed by atoms with Gasteiger partial charge in [-0.25, -0.2) is 9.78 Å². The van der Waals surface area contributed by atoms with E-state index < -0.39 is 5.97 Å². The summed E-state index contributed by atoms with van der Waals surface area (Å²) in [5, 5.41) is 13.7. The number of carbonyl (C=O) groups is 1. The first-order valence-corrected chi connectivity index (χ1v) is 6.22. The molecule has 0 spiro atoms. The fourth-order valence-electron chi connectivity index (χ4n) is 1.76. The van der Waals surface area contributed by atoms with Crippen molar-refractivity contribution < 1.29 is 9.90 Å². The van der Waals surface area contributed by atoms with E-state index in [2.05, 4.69) is 15.1 Å². The van der Waals surface area contributed by atoms with Gasteiger partial charge in [0, 0.05) is 11.8 Å². The first kappa shape index (κ1) is 12.8. The maximum atomic E-state index is 10.9. The molecule has 0 saturated carbocycles. The Kier molecular flexibility index (Phi) is 3.04. The van der Waals surface area contributed by atoms with Gasteiger partial charge in [0.2, 0.25) is 0 Å². The molecule has 0 radical (unpaired) electrons. The van der Waals surface area contributed by atoms with Gasteiger partial charge in [-0.05, 0) is 18.2 Å². The summed E-state index contributed by atoms with van der Waals surface area (Å²) in [6.07, 6.45) is 1.52. The molecule has 0 fully saturated rings. The SMILES string of the molecule is O=C(O)c1nc2nccc(-c3ccc(Cl)c(Cl)c3)n2n1. The smallest absolute Gasteiger partial charge is 0.375 e. The molecule has 0 bridgehead atoms. The summed E-state index contributed by atoms with van der Waals surface area (Å²) in [4.78, 5) is 18.7. The van der Waals surface area contributed by atoms with Crippen LogP contribution >= 0.6 is 23.2 Å². The molecule has 0 aliphatic heterocycles. The monoisotopic (exact) mass is 308 g/mol. The Bertz CT molecular complexity index is 831. The number of aromatic nitrogens is 4. The first-order valence-electron chi connectivity index (χ1n) is 5.47. The third kappa shape index (κ3) is 2.09. The summed E-state index contributed by atoms with van der Waals surface area (Å²) in [5.41, 5.74) is 1.35. The van der Waals surface area contributed by atoms with Gasteiger partial charge in [-0.2, -0.15) is 9.50 Å². The molecule has 0 aliphatic rings. The third-order valence-electron chi connectivity index (χ3n) is 2.65. The van der Waals surface area contributed by atoms with Crippen LogP contribution in [0, 0.1) is 0 Å². The summed E-state index contributed by atoms with van der Waals surface area (Å²) < 4.78 is 1.35. The number of fused-ring (bicyclic) bond motifs is 1. The molecule has 3 rings (SSSR count). The molecular weight excluding hydrogens is 303 g/mol. The van der Waals surface area contributed by atoms with E-state index in [-0.39, 0.29) is 11.6 Å². The fraction of sp³-hybridized carbons (Fsp3) is 0. The molecule has 0 saturated heterocycles. The quantitative estimate of drug-likeness (QED) is 0.787. The number of nitrogens with zero attached hydrogens (tertiary/aromatic N) is 4. The molecule has 100 valence electrons. The van der Waals surface area contributed by atoms with Crippen LogP contribution in [0.1, 0.15) is 10.6 Å². The molecule has 0 unspecified atom stereocenters. The predicted molar refractivity (Wildman–Crippen MR) is 73.2 cm³/mol. The van der Waals surface area contributed by atoms with Crippen molar-refractivity contribution in [1.29, 1.82) is 0 Å². The van der Waals surface area contributed by atoms with Crippen molar-refractivity contribution in [3.63, 3.8) is 0 Å². The van der Waals surface area contributed by atoms with E-state index in [4.69, 9.17) is 28.3 Å². The third-order valence-corrected chi connectivity index (χ3v) is 3.39. The van der Waals surface area contributed by atoms with Gasteiger partial charge in [-0.3, -0.25) is 0 Å². The Hall–Kier alpha value is -2.18. The summed E-state index contributed by atoms with van der Waals surface area (Å²) in [7, 11) is 0. The van der Waals surface area contributed by atoms with Gasteiger partial charge in [-0.15, -0.1) is 5.10 Å².